The number of hydrogen-bond acceptors (Lipinski definition) is 3. The maximum absolute atomic E-state index is 13.3. The van der Waals surface area contributed by atoms with Gasteiger partial charge in [0.1, 0.15) is 5.82 Å². The van der Waals surface area contributed by atoms with E-state index in [1.807, 2.05) is 0 Å². The lowest BCUT2D eigenvalue weighted by Crippen LogP contribution is -2.22. The molecule has 106 valence electrons. The van der Waals surface area contributed by atoms with E-state index in [1.54, 1.807) is 0 Å². The molecule has 0 aliphatic carbocycles. The van der Waals surface area contributed by atoms with Crippen LogP contribution in [0.25, 0.3) is 0 Å². The first kappa shape index (κ1) is 15.3. The molecular formula is C12H13F4NO2. The van der Waals surface area contributed by atoms with E-state index in [4.69, 9.17) is 0 Å². The van der Waals surface area contributed by atoms with Crippen LogP contribution in [0.15, 0.2) is 18.2 Å². The molecule has 19 heavy (non-hydrogen) atoms. The predicted molar refractivity (Wildman–Crippen MR) is 61.1 cm³/mol. The van der Waals surface area contributed by atoms with Crippen LogP contribution in [0.2, 0.25) is 0 Å². The molecule has 0 radical (unpaired) electrons. The molecule has 0 aromatic heterocycles. The average Bonchev–Trinajstić information content (AvgIpc) is 2.35. The van der Waals surface area contributed by atoms with Crippen molar-refractivity contribution in [3.63, 3.8) is 0 Å². The number of methoxy groups -OCH3 is 1. The van der Waals surface area contributed by atoms with E-state index < -0.39 is 29.4 Å². The predicted octanol–water partition coefficient (Wildman–Crippen LogP) is 3.07. The molecule has 1 N–H and O–H groups in total. The maximum atomic E-state index is 13.3. The number of nitrogens with one attached hydrogen (secondary N) is 1. The van der Waals surface area contributed by atoms with Crippen LogP contribution in [-0.4, -0.2) is 19.6 Å². The van der Waals surface area contributed by atoms with Gasteiger partial charge in [-0.25, -0.2) is 4.39 Å². The third-order valence-corrected chi connectivity index (χ3v) is 2.50. The van der Waals surface area contributed by atoms with Gasteiger partial charge < -0.3 is 10.1 Å². The lowest BCUT2D eigenvalue weighted by molar-refractivity contribution is -0.144. The Labute approximate surface area is 107 Å². The Balaban J connectivity index is 2.81. The molecule has 1 unspecified atom stereocenters. The molecule has 1 rings (SSSR count). The first-order valence-electron chi connectivity index (χ1n) is 5.44. The summed E-state index contributed by atoms with van der Waals surface area (Å²) in [5, 5.41) is 2.46. The van der Waals surface area contributed by atoms with E-state index in [2.05, 4.69) is 10.1 Å². The zero-order valence-corrected chi connectivity index (χ0v) is 10.3. The molecular weight excluding hydrogens is 266 g/mol. The van der Waals surface area contributed by atoms with Crippen LogP contribution in [0.3, 0.4) is 0 Å². The number of carbonyl (C=O) groups is 1. The van der Waals surface area contributed by atoms with Crippen molar-refractivity contribution in [3.8, 4) is 0 Å². The molecule has 0 aliphatic heterocycles. The highest BCUT2D eigenvalue weighted by molar-refractivity contribution is 5.72. The number of halogens is 4. The average molecular weight is 279 g/mol. The van der Waals surface area contributed by atoms with Gasteiger partial charge in [-0.1, -0.05) is 6.92 Å². The second kappa shape index (κ2) is 5.90. The highest BCUT2D eigenvalue weighted by Gasteiger charge is 2.31. The third kappa shape index (κ3) is 4.11. The summed E-state index contributed by atoms with van der Waals surface area (Å²) in [7, 11) is 1.20. The standard InChI is InChI=1S/C12H13F4NO2/c1-7(11(18)19-2)6-17-10-5-8(12(14,15)16)3-4-9(10)13/h3-5,7,17H,6H2,1-2H3. The van der Waals surface area contributed by atoms with Crippen LogP contribution >= 0.6 is 0 Å². The Bertz CT molecular complexity index is 460. The van der Waals surface area contributed by atoms with Gasteiger partial charge in [0.25, 0.3) is 0 Å². The SMILES string of the molecule is COC(=O)C(C)CNc1cc(C(F)(F)F)ccc1F. The van der Waals surface area contributed by atoms with Gasteiger partial charge in [0, 0.05) is 6.54 Å². The van der Waals surface area contributed by atoms with Crippen molar-refractivity contribution >= 4 is 11.7 Å². The topological polar surface area (TPSA) is 38.3 Å². The molecule has 0 fully saturated rings. The smallest absolute Gasteiger partial charge is 0.416 e. The lowest BCUT2D eigenvalue weighted by atomic mass is 10.1. The van der Waals surface area contributed by atoms with Crippen molar-refractivity contribution < 1.29 is 27.1 Å². The number of esters is 1. The molecule has 0 saturated carbocycles. The van der Waals surface area contributed by atoms with Crippen molar-refractivity contribution in [1.29, 1.82) is 0 Å². The van der Waals surface area contributed by atoms with Crippen molar-refractivity contribution in [2.45, 2.75) is 13.1 Å². The van der Waals surface area contributed by atoms with E-state index in [1.165, 1.54) is 14.0 Å². The fraction of sp³-hybridized carbons (Fsp3) is 0.417. The van der Waals surface area contributed by atoms with E-state index in [0.717, 1.165) is 6.07 Å². The van der Waals surface area contributed by atoms with Crippen LogP contribution in [0, 0.1) is 11.7 Å². The summed E-state index contributed by atoms with van der Waals surface area (Å²) < 4.78 is 55.2. The van der Waals surface area contributed by atoms with Crippen molar-refractivity contribution in [2.24, 2.45) is 5.92 Å². The number of ether oxygens (including phenoxy) is 1. The fourth-order valence-electron chi connectivity index (χ4n) is 1.38. The lowest BCUT2D eigenvalue weighted by Gasteiger charge is -2.14. The summed E-state index contributed by atoms with van der Waals surface area (Å²) >= 11 is 0. The molecule has 0 aliphatic rings. The first-order valence-corrected chi connectivity index (χ1v) is 5.44. The zero-order valence-electron chi connectivity index (χ0n) is 10.3. The number of rotatable bonds is 4. The van der Waals surface area contributed by atoms with E-state index in [9.17, 15) is 22.4 Å². The molecule has 1 aromatic carbocycles. The number of carbonyl (C=O) groups excluding carboxylic acids is 1. The summed E-state index contributed by atoms with van der Waals surface area (Å²) in [5.41, 5.74) is -1.26. The van der Waals surface area contributed by atoms with E-state index in [0.29, 0.717) is 12.1 Å². The second-order valence-corrected chi connectivity index (χ2v) is 4.00. The minimum absolute atomic E-state index is 0.0229. The summed E-state index contributed by atoms with van der Waals surface area (Å²) in [6, 6.07) is 2.05. The second-order valence-electron chi connectivity index (χ2n) is 4.00. The van der Waals surface area contributed by atoms with Gasteiger partial charge in [0.2, 0.25) is 0 Å². The highest BCUT2D eigenvalue weighted by atomic mass is 19.4. The zero-order chi connectivity index (χ0) is 14.6. The molecule has 3 nitrogen and oxygen atoms in total. The summed E-state index contributed by atoms with van der Waals surface area (Å²) in [6.07, 6.45) is -4.54. The molecule has 1 atom stereocenters. The number of benzene rings is 1. The molecule has 1 aromatic rings. The molecule has 0 saturated heterocycles. The molecule has 0 amide bonds. The first-order chi connectivity index (χ1) is 8.75. The van der Waals surface area contributed by atoms with Gasteiger partial charge >= 0.3 is 12.1 Å². The van der Waals surface area contributed by atoms with Gasteiger partial charge in [0.05, 0.1) is 24.3 Å². The molecule has 0 bridgehead atoms. The van der Waals surface area contributed by atoms with E-state index in [-0.39, 0.29) is 12.2 Å². The maximum Gasteiger partial charge on any atom is 0.416 e. The van der Waals surface area contributed by atoms with Gasteiger partial charge in [0.15, 0.2) is 0 Å². The van der Waals surface area contributed by atoms with Crippen molar-refractivity contribution in [3.05, 3.63) is 29.6 Å². The number of alkyl halides is 3. The van der Waals surface area contributed by atoms with Crippen LogP contribution < -0.4 is 5.32 Å². The quantitative estimate of drug-likeness (QED) is 0.680. The third-order valence-electron chi connectivity index (χ3n) is 2.50. The van der Waals surface area contributed by atoms with E-state index >= 15 is 0 Å². The van der Waals surface area contributed by atoms with Crippen molar-refractivity contribution in [1.82, 2.24) is 0 Å². The monoisotopic (exact) mass is 279 g/mol. The Kier molecular flexibility index (Phi) is 4.74. The Morgan fingerprint density at radius 3 is 2.58 bits per heavy atom. The Morgan fingerprint density at radius 2 is 2.05 bits per heavy atom. The highest BCUT2D eigenvalue weighted by Crippen LogP contribution is 2.31. The molecule has 7 heteroatoms. The minimum Gasteiger partial charge on any atom is -0.469 e. The minimum atomic E-state index is -4.54. The molecule has 0 heterocycles. The van der Waals surface area contributed by atoms with Crippen LogP contribution in [0.4, 0.5) is 23.2 Å². The van der Waals surface area contributed by atoms with Gasteiger partial charge in [-0.05, 0) is 18.2 Å². The number of anilines is 1. The summed E-state index contributed by atoms with van der Waals surface area (Å²) in [4.78, 5) is 11.1. The largest absolute Gasteiger partial charge is 0.469 e. The summed E-state index contributed by atoms with van der Waals surface area (Å²) in [5.74, 6) is -1.94. The van der Waals surface area contributed by atoms with Gasteiger partial charge in [-0.15, -0.1) is 0 Å². The van der Waals surface area contributed by atoms with Gasteiger partial charge in [-0.2, -0.15) is 13.2 Å². The fourth-order valence-corrected chi connectivity index (χ4v) is 1.38. The molecule has 0 spiro atoms. The van der Waals surface area contributed by atoms with Crippen molar-refractivity contribution in [2.75, 3.05) is 19.0 Å². The number of hydrogen-bond donors (Lipinski definition) is 1. The van der Waals surface area contributed by atoms with Crippen LogP contribution in [0.1, 0.15) is 12.5 Å². The van der Waals surface area contributed by atoms with Gasteiger partial charge in [-0.3, -0.25) is 4.79 Å². The van der Waals surface area contributed by atoms with Crippen LogP contribution in [0.5, 0.6) is 0 Å². The Hall–Kier alpha value is -1.79. The summed E-state index contributed by atoms with van der Waals surface area (Å²) in [6.45, 7) is 1.50. The Morgan fingerprint density at radius 1 is 1.42 bits per heavy atom. The normalized spacial score (nSPS) is 12.9. The van der Waals surface area contributed by atoms with Crippen LogP contribution in [-0.2, 0) is 15.7 Å².